The van der Waals surface area contributed by atoms with Gasteiger partial charge in [-0.2, -0.15) is 0 Å². The lowest BCUT2D eigenvalue weighted by Crippen LogP contribution is -2.69. The molecule has 5 rings (SSSR count). The largest absolute Gasteiger partial charge is 0.369 e. The number of rotatable bonds is 1. The van der Waals surface area contributed by atoms with Crippen LogP contribution in [0.5, 0.6) is 0 Å². The molecule has 3 amide bonds. The number of hydrogen-bond acceptors (Lipinski definition) is 5. The van der Waals surface area contributed by atoms with Crippen LogP contribution in [0.15, 0.2) is 6.07 Å². The van der Waals surface area contributed by atoms with Gasteiger partial charge in [0.2, 0.25) is 0 Å². The van der Waals surface area contributed by atoms with E-state index in [2.05, 4.69) is 22.0 Å². The molecule has 7 nitrogen and oxygen atoms in total. The van der Waals surface area contributed by atoms with Crippen molar-refractivity contribution >= 4 is 23.3 Å². The Hall–Kier alpha value is -1.64. The third-order valence-electron chi connectivity index (χ3n) is 5.83. The van der Waals surface area contributed by atoms with Gasteiger partial charge in [0.05, 0.1) is 17.0 Å². The van der Waals surface area contributed by atoms with Crippen molar-refractivity contribution in [3.8, 4) is 0 Å². The van der Waals surface area contributed by atoms with E-state index in [0.717, 1.165) is 43.8 Å². The Morgan fingerprint density at radius 1 is 1.28 bits per heavy atom. The SMILES string of the molecule is O=C1NCC2(CN(C(=O)c3cc4c(s3)C3(CCNCC3)OCC4)C2)N1. The highest BCUT2D eigenvalue weighted by Crippen LogP contribution is 2.44. The second kappa shape index (κ2) is 5.43. The molecule has 0 saturated carbocycles. The predicted octanol–water partition coefficient (Wildman–Crippen LogP) is 0.407. The van der Waals surface area contributed by atoms with Crippen molar-refractivity contribution in [2.24, 2.45) is 0 Å². The number of nitrogens with zero attached hydrogens (tertiary/aromatic N) is 1. The number of nitrogens with one attached hydrogen (secondary N) is 3. The van der Waals surface area contributed by atoms with Gasteiger partial charge in [-0.05, 0) is 44.0 Å². The predicted molar refractivity (Wildman–Crippen MR) is 92.9 cm³/mol. The van der Waals surface area contributed by atoms with E-state index in [-0.39, 0.29) is 23.1 Å². The van der Waals surface area contributed by atoms with Crippen molar-refractivity contribution in [3.63, 3.8) is 0 Å². The average molecular weight is 362 g/mol. The van der Waals surface area contributed by atoms with Crippen LogP contribution in [0.4, 0.5) is 4.79 Å². The summed E-state index contributed by atoms with van der Waals surface area (Å²) in [6.07, 6.45) is 2.83. The van der Waals surface area contributed by atoms with E-state index in [9.17, 15) is 9.59 Å². The summed E-state index contributed by atoms with van der Waals surface area (Å²) >= 11 is 1.61. The molecule has 1 aromatic rings. The van der Waals surface area contributed by atoms with Gasteiger partial charge in [-0.15, -0.1) is 11.3 Å². The molecular weight excluding hydrogens is 340 g/mol. The molecule has 0 bridgehead atoms. The maximum absolute atomic E-state index is 12.9. The molecule has 25 heavy (non-hydrogen) atoms. The fourth-order valence-corrected chi connectivity index (χ4v) is 5.86. The Bertz CT molecular complexity index is 734. The first-order valence-corrected chi connectivity index (χ1v) is 9.74. The number of hydrogen-bond donors (Lipinski definition) is 3. The molecule has 0 aromatic carbocycles. The number of urea groups is 1. The summed E-state index contributed by atoms with van der Waals surface area (Å²) in [5.74, 6) is 0.0789. The van der Waals surface area contributed by atoms with Crippen LogP contribution in [-0.4, -0.2) is 61.7 Å². The number of thiophene rings is 1. The summed E-state index contributed by atoms with van der Waals surface area (Å²) in [4.78, 5) is 28.1. The van der Waals surface area contributed by atoms with E-state index in [1.165, 1.54) is 10.4 Å². The number of ether oxygens (including phenoxy) is 1. The molecule has 4 aliphatic heterocycles. The minimum absolute atomic E-state index is 0.0789. The fraction of sp³-hybridized carbons (Fsp3) is 0.647. The van der Waals surface area contributed by atoms with E-state index >= 15 is 0 Å². The number of fused-ring (bicyclic) bond motifs is 2. The monoisotopic (exact) mass is 362 g/mol. The summed E-state index contributed by atoms with van der Waals surface area (Å²) in [5.41, 5.74) is 0.831. The zero-order chi connectivity index (χ0) is 17.1. The Morgan fingerprint density at radius 2 is 2.08 bits per heavy atom. The summed E-state index contributed by atoms with van der Waals surface area (Å²) in [6.45, 7) is 4.42. The smallest absolute Gasteiger partial charge is 0.315 e. The zero-order valence-corrected chi connectivity index (χ0v) is 14.8. The second-order valence-corrected chi connectivity index (χ2v) is 8.61. The highest BCUT2D eigenvalue weighted by Gasteiger charge is 2.50. The van der Waals surface area contributed by atoms with Gasteiger partial charge in [-0.3, -0.25) is 4.79 Å². The van der Waals surface area contributed by atoms with Gasteiger partial charge in [0.25, 0.3) is 5.91 Å². The molecular formula is C17H22N4O3S. The van der Waals surface area contributed by atoms with Crippen molar-refractivity contribution in [2.75, 3.05) is 39.3 Å². The Kier molecular flexibility index (Phi) is 3.39. The first kappa shape index (κ1) is 15.6. The van der Waals surface area contributed by atoms with Gasteiger partial charge in [0, 0.05) is 24.5 Å². The summed E-state index contributed by atoms with van der Waals surface area (Å²) in [5, 5.41) is 9.11. The number of piperidine rings is 1. The standard InChI is InChI=1S/C17H22N4O3S/c22-14(21-9-16(10-21)8-19-15(23)20-16)12-7-11-1-6-24-17(13(11)25-12)2-4-18-5-3-17/h7,18H,1-6,8-10H2,(H2,19,20,23). The maximum atomic E-state index is 12.9. The van der Waals surface area contributed by atoms with Gasteiger partial charge in [0.15, 0.2) is 0 Å². The van der Waals surface area contributed by atoms with Gasteiger partial charge < -0.3 is 25.6 Å². The molecule has 3 N–H and O–H groups in total. The molecule has 0 atom stereocenters. The Labute approximate surface area is 150 Å². The van der Waals surface area contributed by atoms with Crippen molar-refractivity contribution in [2.45, 2.75) is 30.4 Å². The quantitative estimate of drug-likeness (QED) is 0.676. The Morgan fingerprint density at radius 3 is 2.80 bits per heavy atom. The lowest BCUT2D eigenvalue weighted by molar-refractivity contribution is -0.0771. The van der Waals surface area contributed by atoms with Crippen LogP contribution >= 0.6 is 11.3 Å². The zero-order valence-electron chi connectivity index (χ0n) is 14.0. The molecule has 2 spiro atoms. The van der Waals surface area contributed by atoms with Crippen LogP contribution in [0.3, 0.4) is 0 Å². The molecule has 3 saturated heterocycles. The fourth-order valence-electron chi connectivity index (χ4n) is 4.48. The highest BCUT2D eigenvalue weighted by atomic mass is 32.1. The molecule has 4 aliphatic rings. The first-order valence-electron chi connectivity index (χ1n) is 8.92. The van der Waals surface area contributed by atoms with Gasteiger partial charge in [-0.1, -0.05) is 0 Å². The molecule has 3 fully saturated rings. The van der Waals surface area contributed by atoms with Crippen molar-refractivity contribution in [3.05, 3.63) is 21.4 Å². The summed E-state index contributed by atoms with van der Waals surface area (Å²) in [6, 6.07) is 1.94. The van der Waals surface area contributed by atoms with E-state index in [4.69, 9.17) is 4.74 Å². The lowest BCUT2D eigenvalue weighted by atomic mass is 9.86. The maximum Gasteiger partial charge on any atom is 0.315 e. The summed E-state index contributed by atoms with van der Waals surface area (Å²) in [7, 11) is 0. The first-order chi connectivity index (χ1) is 12.1. The molecule has 8 heteroatoms. The van der Waals surface area contributed by atoms with Crippen LogP contribution in [0, 0.1) is 0 Å². The minimum Gasteiger partial charge on any atom is -0.369 e. The molecule has 0 radical (unpaired) electrons. The Balaban J connectivity index is 1.36. The van der Waals surface area contributed by atoms with E-state index in [1.54, 1.807) is 11.3 Å². The van der Waals surface area contributed by atoms with Gasteiger partial charge in [-0.25, -0.2) is 4.79 Å². The van der Waals surface area contributed by atoms with Crippen molar-refractivity contribution in [1.29, 1.82) is 0 Å². The van der Waals surface area contributed by atoms with Crippen molar-refractivity contribution < 1.29 is 14.3 Å². The van der Waals surface area contributed by atoms with Crippen LogP contribution < -0.4 is 16.0 Å². The number of amides is 3. The number of carbonyl (C=O) groups is 2. The van der Waals surface area contributed by atoms with Gasteiger partial charge in [0.1, 0.15) is 5.60 Å². The third-order valence-corrected chi connectivity index (χ3v) is 7.19. The topological polar surface area (TPSA) is 82.7 Å². The van der Waals surface area contributed by atoms with E-state index < -0.39 is 0 Å². The molecule has 0 aliphatic carbocycles. The molecule has 5 heterocycles. The molecule has 0 unspecified atom stereocenters. The molecule has 1 aromatic heterocycles. The lowest BCUT2D eigenvalue weighted by Gasteiger charge is -2.46. The highest BCUT2D eigenvalue weighted by molar-refractivity contribution is 7.14. The minimum atomic E-state index is -0.261. The van der Waals surface area contributed by atoms with Crippen molar-refractivity contribution in [1.82, 2.24) is 20.9 Å². The van der Waals surface area contributed by atoms with Gasteiger partial charge >= 0.3 is 6.03 Å². The summed E-state index contributed by atoms with van der Waals surface area (Å²) < 4.78 is 6.20. The normalized spacial score (nSPS) is 26.1. The number of carbonyl (C=O) groups excluding carboxylic acids is 2. The van der Waals surface area contributed by atoms with E-state index in [1.807, 2.05) is 4.90 Å². The van der Waals surface area contributed by atoms with Crippen LogP contribution in [0.2, 0.25) is 0 Å². The van der Waals surface area contributed by atoms with Crippen LogP contribution in [-0.2, 0) is 16.8 Å². The average Bonchev–Trinajstić information content (AvgIpc) is 3.19. The molecule has 134 valence electrons. The van der Waals surface area contributed by atoms with E-state index in [0.29, 0.717) is 19.6 Å². The van der Waals surface area contributed by atoms with Crippen LogP contribution in [0.25, 0.3) is 0 Å². The number of likely N-dealkylation sites (tertiary alicyclic amines) is 1. The van der Waals surface area contributed by atoms with Crippen LogP contribution in [0.1, 0.15) is 33.0 Å². The third kappa shape index (κ3) is 2.38. The second-order valence-electron chi connectivity index (χ2n) is 7.56.